The molecule has 1 saturated heterocycles. The van der Waals surface area contributed by atoms with E-state index in [2.05, 4.69) is 15.5 Å². The minimum Gasteiger partial charge on any atom is -0.349 e. The van der Waals surface area contributed by atoms with Crippen molar-refractivity contribution in [1.82, 2.24) is 15.1 Å². The molecule has 2 rings (SSSR count). The molecule has 0 spiro atoms. The molecule has 2 heterocycles. The number of anilines is 1. The third-order valence-corrected chi connectivity index (χ3v) is 3.67. The summed E-state index contributed by atoms with van der Waals surface area (Å²) >= 11 is 1.48. The van der Waals surface area contributed by atoms with Crippen LogP contribution in [0.5, 0.6) is 0 Å². The maximum absolute atomic E-state index is 12.1. The summed E-state index contributed by atoms with van der Waals surface area (Å²) in [6, 6.07) is -0.222. The molecule has 0 aliphatic carbocycles. The summed E-state index contributed by atoms with van der Waals surface area (Å²) in [5.74, 6) is 0.164. The quantitative estimate of drug-likeness (QED) is 0.891. The third kappa shape index (κ3) is 3.15. The van der Waals surface area contributed by atoms with Crippen molar-refractivity contribution in [2.24, 2.45) is 0 Å². The van der Waals surface area contributed by atoms with Gasteiger partial charge in [0.1, 0.15) is 11.0 Å². The molecule has 0 radical (unpaired) electrons. The van der Waals surface area contributed by atoms with Crippen LogP contribution >= 0.6 is 11.3 Å². The van der Waals surface area contributed by atoms with Gasteiger partial charge in [0.05, 0.1) is 0 Å². The summed E-state index contributed by atoms with van der Waals surface area (Å²) in [5.41, 5.74) is 0. The highest BCUT2D eigenvalue weighted by Crippen LogP contribution is 2.16. The molecule has 1 aromatic rings. The number of hydrogen-bond donors (Lipinski definition) is 1. The summed E-state index contributed by atoms with van der Waals surface area (Å²) < 4.78 is 0. The fourth-order valence-corrected chi connectivity index (χ4v) is 2.67. The van der Waals surface area contributed by atoms with Crippen molar-refractivity contribution in [1.29, 1.82) is 0 Å². The fourth-order valence-electron chi connectivity index (χ4n) is 1.99. The smallest absolute Gasteiger partial charge is 0.244 e. The van der Waals surface area contributed by atoms with Gasteiger partial charge in [0.25, 0.3) is 0 Å². The molecule has 17 heavy (non-hydrogen) atoms. The van der Waals surface area contributed by atoms with E-state index in [0.717, 1.165) is 36.1 Å². The van der Waals surface area contributed by atoms with Crippen LogP contribution in [0, 0.1) is 6.92 Å². The second kappa shape index (κ2) is 5.44. The molecular weight excluding hydrogens is 236 g/mol. The van der Waals surface area contributed by atoms with Crippen LogP contribution in [0.25, 0.3) is 0 Å². The summed E-state index contributed by atoms with van der Waals surface area (Å²) in [6.07, 6.45) is 3.48. The first kappa shape index (κ1) is 12.3. The highest BCUT2D eigenvalue weighted by atomic mass is 32.1. The number of rotatable bonds is 3. The van der Waals surface area contributed by atoms with E-state index in [1.54, 1.807) is 0 Å². The maximum atomic E-state index is 12.1. The van der Waals surface area contributed by atoms with Crippen molar-refractivity contribution >= 4 is 22.4 Å². The molecular formula is C11H18N4OS. The fraction of sp³-hybridized carbons (Fsp3) is 0.727. The standard InChI is InChI=1S/C11H18N4OS/c1-8(12-11-14-13-9(2)17-11)10(16)15-6-4-3-5-7-15/h8H,3-7H2,1-2H3,(H,12,14). The molecule has 6 heteroatoms. The van der Waals surface area contributed by atoms with Crippen molar-refractivity contribution in [2.75, 3.05) is 18.4 Å². The van der Waals surface area contributed by atoms with Crippen molar-refractivity contribution in [3.8, 4) is 0 Å². The van der Waals surface area contributed by atoms with Gasteiger partial charge in [0.2, 0.25) is 11.0 Å². The van der Waals surface area contributed by atoms with Gasteiger partial charge in [-0.2, -0.15) is 0 Å². The molecule has 0 aromatic carbocycles. The molecule has 5 nitrogen and oxygen atoms in total. The highest BCUT2D eigenvalue weighted by molar-refractivity contribution is 7.15. The minimum atomic E-state index is -0.222. The average molecular weight is 254 g/mol. The van der Waals surface area contributed by atoms with E-state index in [0.29, 0.717) is 0 Å². The number of likely N-dealkylation sites (tertiary alicyclic amines) is 1. The summed E-state index contributed by atoms with van der Waals surface area (Å²) in [7, 11) is 0. The molecule has 1 aromatic heterocycles. The number of amides is 1. The Labute approximate surface area is 105 Å². The number of nitrogens with one attached hydrogen (secondary N) is 1. The van der Waals surface area contributed by atoms with Gasteiger partial charge in [-0.1, -0.05) is 11.3 Å². The number of piperidine rings is 1. The first-order chi connectivity index (χ1) is 8.16. The Hall–Kier alpha value is -1.17. The zero-order valence-electron chi connectivity index (χ0n) is 10.3. The van der Waals surface area contributed by atoms with Crippen LogP contribution in [-0.2, 0) is 4.79 Å². The molecule has 0 bridgehead atoms. The molecule has 1 N–H and O–H groups in total. The van der Waals surface area contributed by atoms with Gasteiger partial charge in [-0.15, -0.1) is 10.2 Å². The Morgan fingerprint density at radius 1 is 1.35 bits per heavy atom. The molecule has 1 aliphatic heterocycles. The maximum Gasteiger partial charge on any atom is 0.244 e. The lowest BCUT2D eigenvalue weighted by Gasteiger charge is -2.29. The second-order valence-corrected chi connectivity index (χ2v) is 5.56. The lowest BCUT2D eigenvalue weighted by atomic mass is 10.1. The van der Waals surface area contributed by atoms with Gasteiger partial charge >= 0.3 is 0 Å². The van der Waals surface area contributed by atoms with Crippen LogP contribution in [0.15, 0.2) is 0 Å². The van der Waals surface area contributed by atoms with E-state index in [1.807, 2.05) is 18.7 Å². The van der Waals surface area contributed by atoms with Crippen LogP contribution in [0.1, 0.15) is 31.2 Å². The topological polar surface area (TPSA) is 58.1 Å². The van der Waals surface area contributed by atoms with Crippen molar-refractivity contribution in [3.63, 3.8) is 0 Å². The number of aryl methyl sites for hydroxylation is 1. The molecule has 94 valence electrons. The molecule has 1 atom stereocenters. The van der Waals surface area contributed by atoms with Gasteiger partial charge < -0.3 is 10.2 Å². The monoisotopic (exact) mass is 254 g/mol. The average Bonchev–Trinajstić information content (AvgIpc) is 2.75. The first-order valence-electron chi connectivity index (χ1n) is 6.02. The van der Waals surface area contributed by atoms with Crippen molar-refractivity contribution in [3.05, 3.63) is 5.01 Å². The number of hydrogen-bond acceptors (Lipinski definition) is 5. The third-order valence-electron chi connectivity index (χ3n) is 2.90. The zero-order chi connectivity index (χ0) is 12.3. The summed E-state index contributed by atoms with van der Waals surface area (Å²) in [4.78, 5) is 14.1. The lowest BCUT2D eigenvalue weighted by molar-refractivity contribution is -0.132. The Morgan fingerprint density at radius 2 is 2.06 bits per heavy atom. The van der Waals surface area contributed by atoms with Crippen LogP contribution in [-0.4, -0.2) is 40.1 Å². The van der Waals surface area contributed by atoms with E-state index in [-0.39, 0.29) is 11.9 Å². The van der Waals surface area contributed by atoms with E-state index < -0.39 is 0 Å². The van der Waals surface area contributed by atoms with Crippen molar-refractivity contribution < 1.29 is 4.79 Å². The van der Waals surface area contributed by atoms with Crippen molar-refractivity contribution in [2.45, 2.75) is 39.2 Å². The normalized spacial score (nSPS) is 17.9. The van der Waals surface area contributed by atoms with Gasteiger partial charge in [0.15, 0.2) is 0 Å². The Morgan fingerprint density at radius 3 is 2.65 bits per heavy atom. The van der Waals surface area contributed by atoms with Gasteiger partial charge in [-0.25, -0.2) is 0 Å². The van der Waals surface area contributed by atoms with E-state index in [1.165, 1.54) is 17.8 Å². The molecule has 1 amide bonds. The number of carbonyl (C=O) groups excluding carboxylic acids is 1. The highest BCUT2D eigenvalue weighted by Gasteiger charge is 2.22. The molecule has 1 unspecified atom stereocenters. The SMILES string of the molecule is Cc1nnc(NC(C)C(=O)N2CCCCC2)s1. The summed E-state index contributed by atoms with van der Waals surface area (Å²) in [6.45, 7) is 5.56. The summed E-state index contributed by atoms with van der Waals surface area (Å²) in [5, 5.41) is 12.6. The Balaban J connectivity index is 1.90. The van der Waals surface area contributed by atoms with Crippen LogP contribution in [0.3, 0.4) is 0 Å². The largest absolute Gasteiger partial charge is 0.349 e. The first-order valence-corrected chi connectivity index (χ1v) is 6.84. The van der Waals surface area contributed by atoms with E-state index in [9.17, 15) is 4.79 Å². The Bertz CT molecular complexity index is 387. The molecule has 1 fully saturated rings. The number of aromatic nitrogens is 2. The molecule has 1 aliphatic rings. The Kier molecular flexibility index (Phi) is 3.93. The lowest BCUT2D eigenvalue weighted by Crippen LogP contribution is -2.43. The van der Waals surface area contributed by atoms with E-state index >= 15 is 0 Å². The predicted molar refractivity (Wildman–Crippen MR) is 68.2 cm³/mol. The second-order valence-electron chi connectivity index (χ2n) is 4.38. The zero-order valence-corrected chi connectivity index (χ0v) is 11.1. The predicted octanol–water partition coefficient (Wildman–Crippen LogP) is 1.66. The molecule has 0 saturated carbocycles. The van der Waals surface area contributed by atoms with Crippen LogP contribution in [0.2, 0.25) is 0 Å². The van der Waals surface area contributed by atoms with Crippen LogP contribution in [0.4, 0.5) is 5.13 Å². The van der Waals surface area contributed by atoms with Crippen LogP contribution < -0.4 is 5.32 Å². The van der Waals surface area contributed by atoms with Gasteiger partial charge in [-0.3, -0.25) is 4.79 Å². The minimum absolute atomic E-state index is 0.164. The van der Waals surface area contributed by atoms with E-state index in [4.69, 9.17) is 0 Å². The number of nitrogens with zero attached hydrogens (tertiary/aromatic N) is 3. The van der Waals surface area contributed by atoms with Gasteiger partial charge in [0, 0.05) is 13.1 Å². The van der Waals surface area contributed by atoms with Gasteiger partial charge in [-0.05, 0) is 33.1 Å². The number of carbonyl (C=O) groups is 1.